The minimum Gasteiger partial charge on any atom is -0.399 e. The number of nitrogens with zero attached hydrogens (tertiary/aromatic N) is 2. The van der Waals surface area contributed by atoms with Crippen LogP contribution < -0.4 is 11.1 Å². The molecule has 2 aromatic carbocycles. The van der Waals surface area contributed by atoms with Gasteiger partial charge in [-0.2, -0.15) is 0 Å². The van der Waals surface area contributed by atoms with Crippen molar-refractivity contribution in [1.82, 2.24) is 15.1 Å². The second-order valence-corrected chi connectivity index (χ2v) is 6.46. The highest BCUT2D eigenvalue weighted by atomic mass is 16.2. The molecule has 1 heterocycles. The minimum absolute atomic E-state index is 0.00413. The van der Waals surface area contributed by atoms with Gasteiger partial charge in [0.2, 0.25) is 5.91 Å². The van der Waals surface area contributed by atoms with Crippen LogP contribution in [0.4, 0.5) is 5.69 Å². The quantitative estimate of drug-likeness (QED) is 0.796. The molecule has 2 aromatic rings. The lowest BCUT2D eigenvalue weighted by atomic mass is 10.1. The van der Waals surface area contributed by atoms with Crippen molar-refractivity contribution in [2.24, 2.45) is 0 Å². The van der Waals surface area contributed by atoms with E-state index in [-0.39, 0.29) is 11.8 Å². The largest absolute Gasteiger partial charge is 0.399 e. The standard InChI is InChI=1S/C20H24N4O2/c21-18-8-4-7-17(13-18)20(26)24-11-9-23(10-12-24)15-19(25)22-14-16-5-2-1-3-6-16/h1-8,13H,9-12,14-15,21H2,(H,22,25). The van der Waals surface area contributed by atoms with Gasteiger partial charge in [-0.15, -0.1) is 0 Å². The topological polar surface area (TPSA) is 78.7 Å². The number of rotatable bonds is 5. The Hall–Kier alpha value is -2.86. The SMILES string of the molecule is Nc1cccc(C(=O)N2CCN(CC(=O)NCc3ccccc3)CC2)c1. The van der Waals surface area contributed by atoms with Crippen LogP contribution in [-0.4, -0.2) is 54.3 Å². The molecule has 1 fully saturated rings. The summed E-state index contributed by atoms with van der Waals surface area (Å²) in [6, 6.07) is 16.9. The number of carbonyl (C=O) groups excluding carboxylic acids is 2. The summed E-state index contributed by atoms with van der Waals surface area (Å²) >= 11 is 0. The predicted octanol–water partition coefficient (Wildman–Crippen LogP) is 1.34. The Morgan fingerprint density at radius 2 is 1.69 bits per heavy atom. The van der Waals surface area contributed by atoms with E-state index in [0.717, 1.165) is 5.56 Å². The molecule has 1 aliphatic rings. The van der Waals surface area contributed by atoms with Crippen LogP contribution in [0.3, 0.4) is 0 Å². The second kappa shape index (κ2) is 8.49. The molecule has 6 nitrogen and oxygen atoms in total. The van der Waals surface area contributed by atoms with E-state index < -0.39 is 0 Å². The van der Waals surface area contributed by atoms with Gasteiger partial charge in [-0.3, -0.25) is 14.5 Å². The molecule has 0 radical (unpaired) electrons. The van der Waals surface area contributed by atoms with Crippen molar-refractivity contribution in [2.45, 2.75) is 6.54 Å². The van der Waals surface area contributed by atoms with Gasteiger partial charge >= 0.3 is 0 Å². The zero-order valence-electron chi connectivity index (χ0n) is 14.7. The van der Waals surface area contributed by atoms with Crippen LogP contribution in [0.15, 0.2) is 54.6 Å². The van der Waals surface area contributed by atoms with Crippen molar-refractivity contribution in [3.63, 3.8) is 0 Å². The molecular weight excluding hydrogens is 328 g/mol. The Morgan fingerprint density at radius 1 is 0.962 bits per heavy atom. The fraction of sp³-hybridized carbons (Fsp3) is 0.300. The van der Waals surface area contributed by atoms with E-state index in [0.29, 0.717) is 50.5 Å². The number of hydrogen-bond donors (Lipinski definition) is 2. The predicted molar refractivity (Wildman–Crippen MR) is 101 cm³/mol. The van der Waals surface area contributed by atoms with Crippen LogP contribution >= 0.6 is 0 Å². The molecule has 0 saturated carbocycles. The number of nitrogens with two attached hydrogens (primary N) is 1. The summed E-state index contributed by atoms with van der Waals surface area (Å²) in [5, 5.41) is 2.94. The normalized spacial score (nSPS) is 14.8. The molecule has 0 bridgehead atoms. The van der Waals surface area contributed by atoms with E-state index in [4.69, 9.17) is 5.73 Å². The van der Waals surface area contributed by atoms with Crippen LogP contribution in [-0.2, 0) is 11.3 Å². The van der Waals surface area contributed by atoms with E-state index in [1.807, 2.05) is 35.2 Å². The van der Waals surface area contributed by atoms with Gasteiger partial charge < -0.3 is 16.0 Å². The van der Waals surface area contributed by atoms with Gasteiger partial charge in [0.1, 0.15) is 0 Å². The summed E-state index contributed by atoms with van der Waals surface area (Å²) < 4.78 is 0. The summed E-state index contributed by atoms with van der Waals surface area (Å²) in [5.41, 5.74) is 8.03. The fourth-order valence-corrected chi connectivity index (χ4v) is 3.02. The van der Waals surface area contributed by atoms with Gasteiger partial charge in [0, 0.05) is 44.0 Å². The third kappa shape index (κ3) is 4.83. The number of nitrogens with one attached hydrogen (secondary N) is 1. The van der Waals surface area contributed by atoms with Crippen molar-refractivity contribution in [3.8, 4) is 0 Å². The summed E-state index contributed by atoms with van der Waals surface area (Å²) in [5.74, 6) is -0.00468. The summed E-state index contributed by atoms with van der Waals surface area (Å²) in [4.78, 5) is 28.5. The average molecular weight is 352 g/mol. The number of carbonyl (C=O) groups is 2. The zero-order chi connectivity index (χ0) is 18.4. The number of piperazine rings is 1. The Morgan fingerprint density at radius 3 is 2.38 bits per heavy atom. The van der Waals surface area contributed by atoms with E-state index in [2.05, 4.69) is 10.2 Å². The number of benzene rings is 2. The maximum absolute atomic E-state index is 12.5. The highest BCUT2D eigenvalue weighted by Gasteiger charge is 2.23. The number of nitrogen functional groups attached to an aromatic ring is 1. The van der Waals surface area contributed by atoms with Crippen LogP contribution in [0, 0.1) is 0 Å². The molecule has 0 aromatic heterocycles. The van der Waals surface area contributed by atoms with E-state index in [9.17, 15) is 9.59 Å². The minimum atomic E-state index is -0.00882. The van der Waals surface area contributed by atoms with Gasteiger partial charge in [0.25, 0.3) is 5.91 Å². The van der Waals surface area contributed by atoms with Gasteiger partial charge in [0.05, 0.1) is 6.54 Å². The third-order valence-corrected chi connectivity index (χ3v) is 4.49. The molecule has 1 aliphatic heterocycles. The van der Waals surface area contributed by atoms with E-state index >= 15 is 0 Å². The number of anilines is 1. The molecule has 136 valence electrons. The highest BCUT2D eigenvalue weighted by molar-refractivity contribution is 5.95. The Kier molecular flexibility index (Phi) is 5.86. The Balaban J connectivity index is 1.43. The molecule has 0 unspecified atom stereocenters. The van der Waals surface area contributed by atoms with E-state index in [1.54, 1.807) is 24.3 Å². The number of amides is 2. The van der Waals surface area contributed by atoms with Crippen molar-refractivity contribution >= 4 is 17.5 Å². The molecule has 0 atom stereocenters. The first-order valence-electron chi connectivity index (χ1n) is 8.79. The molecule has 0 spiro atoms. The molecule has 3 N–H and O–H groups in total. The van der Waals surface area contributed by atoms with Gasteiger partial charge in [-0.25, -0.2) is 0 Å². The van der Waals surface area contributed by atoms with Gasteiger partial charge in [0.15, 0.2) is 0 Å². The summed E-state index contributed by atoms with van der Waals surface area (Å²) in [6.45, 7) is 3.49. The first kappa shape index (κ1) is 17.9. The molecule has 1 saturated heterocycles. The first-order chi connectivity index (χ1) is 12.6. The Labute approximate surface area is 153 Å². The van der Waals surface area contributed by atoms with Crippen LogP contribution in [0.1, 0.15) is 15.9 Å². The lowest BCUT2D eigenvalue weighted by Crippen LogP contribution is -2.51. The number of hydrogen-bond acceptors (Lipinski definition) is 4. The van der Waals surface area contributed by atoms with Crippen molar-refractivity contribution in [3.05, 3.63) is 65.7 Å². The second-order valence-electron chi connectivity index (χ2n) is 6.46. The fourth-order valence-electron chi connectivity index (χ4n) is 3.02. The van der Waals surface area contributed by atoms with Gasteiger partial charge in [-0.05, 0) is 23.8 Å². The maximum atomic E-state index is 12.5. The summed E-state index contributed by atoms with van der Waals surface area (Å²) in [7, 11) is 0. The molecule has 3 rings (SSSR count). The molecular formula is C20H24N4O2. The molecule has 26 heavy (non-hydrogen) atoms. The third-order valence-electron chi connectivity index (χ3n) is 4.49. The monoisotopic (exact) mass is 352 g/mol. The molecule has 0 aliphatic carbocycles. The highest BCUT2D eigenvalue weighted by Crippen LogP contribution is 2.12. The molecule has 2 amide bonds. The van der Waals surface area contributed by atoms with Crippen molar-refractivity contribution in [1.29, 1.82) is 0 Å². The lowest BCUT2D eigenvalue weighted by molar-refractivity contribution is -0.122. The van der Waals surface area contributed by atoms with Gasteiger partial charge in [-0.1, -0.05) is 36.4 Å². The van der Waals surface area contributed by atoms with E-state index in [1.165, 1.54) is 0 Å². The summed E-state index contributed by atoms with van der Waals surface area (Å²) in [6.07, 6.45) is 0. The Bertz CT molecular complexity index is 755. The lowest BCUT2D eigenvalue weighted by Gasteiger charge is -2.34. The molecule has 6 heteroatoms. The first-order valence-corrected chi connectivity index (χ1v) is 8.79. The maximum Gasteiger partial charge on any atom is 0.254 e. The zero-order valence-corrected chi connectivity index (χ0v) is 14.7. The van der Waals surface area contributed by atoms with Crippen molar-refractivity contribution in [2.75, 3.05) is 38.5 Å². The average Bonchev–Trinajstić information content (AvgIpc) is 2.67. The smallest absolute Gasteiger partial charge is 0.254 e. The van der Waals surface area contributed by atoms with Crippen LogP contribution in [0.25, 0.3) is 0 Å². The van der Waals surface area contributed by atoms with Crippen molar-refractivity contribution < 1.29 is 9.59 Å². The van der Waals surface area contributed by atoms with Crippen LogP contribution in [0.5, 0.6) is 0 Å². The van der Waals surface area contributed by atoms with Crippen LogP contribution in [0.2, 0.25) is 0 Å².